The Hall–Kier alpha value is -0.900. The molecule has 1 aromatic rings. The monoisotopic (exact) mass is 238 g/mol. The normalized spacial score (nSPS) is 13.9. The van der Waals surface area contributed by atoms with E-state index >= 15 is 0 Å². The average molecular weight is 238 g/mol. The van der Waals surface area contributed by atoms with Crippen LogP contribution in [-0.4, -0.2) is 27.4 Å². The predicted molar refractivity (Wildman–Crippen MR) is 70.9 cm³/mol. The molecule has 0 saturated heterocycles. The first-order valence-corrected chi connectivity index (χ1v) is 6.51. The predicted octanol–water partition coefficient (Wildman–Crippen LogP) is 2.16. The van der Waals surface area contributed by atoms with E-state index in [1.807, 2.05) is 11.7 Å². The van der Waals surface area contributed by atoms with E-state index in [0.29, 0.717) is 6.04 Å². The highest BCUT2D eigenvalue weighted by molar-refractivity contribution is 4.91. The maximum absolute atomic E-state index is 4.30. The molecule has 0 aliphatic heterocycles. The van der Waals surface area contributed by atoms with Crippen molar-refractivity contribution in [2.75, 3.05) is 6.54 Å². The van der Waals surface area contributed by atoms with Gasteiger partial charge in [-0.2, -0.15) is 5.10 Å². The van der Waals surface area contributed by atoms with Crippen molar-refractivity contribution < 1.29 is 0 Å². The van der Waals surface area contributed by atoms with Gasteiger partial charge in [0.05, 0.1) is 0 Å². The molecule has 1 atom stereocenters. The van der Waals surface area contributed by atoms with E-state index in [1.54, 1.807) is 6.33 Å². The Labute approximate surface area is 105 Å². The highest BCUT2D eigenvalue weighted by Gasteiger charge is 2.23. The summed E-state index contributed by atoms with van der Waals surface area (Å²) in [5.41, 5.74) is 0.251. The zero-order valence-corrected chi connectivity index (χ0v) is 11.8. The van der Waals surface area contributed by atoms with Crippen LogP contribution in [0.25, 0.3) is 0 Å². The Balaban J connectivity index is 2.48. The van der Waals surface area contributed by atoms with Gasteiger partial charge in [0.15, 0.2) is 0 Å². The average Bonchev–Trinajstić information content (AvgIpc) is 2.60. The molecule has 1 N–H and O–H groups in total. The van der Waals surface area contributed by atoms with Gasteiger partial charge in [-0.15, -0.1) is 0 Å². The van der Waals surface area contributed by atoms with Gasteiger partial charge in [-0.25, -0.2) is 4.98 Å². The molecule has 1 rings (SSSR count). The largest absolute Gasteiger partial charge is 0.314 e. The molecular formula is C13H26N4. The number of hydrogen-bond acceptors (Lipinski definition) is 3. The maximum atomic E-state index is 4.30. The number of rotatable bonds is 7. The van der Waals surface area contributed by atoms with Crippen LogP contribution in [0.15, 0.2) is 6.33 Å². The van der Waals surface area contributed by atoms with Gasteiger partial charge >= 0.3 is 0 Å². The third-order valence-electron chi connectivity index (χ3n) is 3.04. The molecule has 0 aliphatic rings. The van der Waals surface area contributed by atoms with Crippen molar-refractivity contribution in [3.63, 3.8) is 0 Å². The van der Waals surface area contributed by atoms with Crippen molar-refractivity contribution in [2.24, 2.45) is 12.5 Å². The molecule has 0 aromatic carbocycles. The van der Waals surface area contributed by atoms with Crippen LogP contribution in [-0.2, 0) is 13.5 Å². The molecular weight excluding hydrogens is 212 g/mol. The van der Waals surface area contributed by atoms with E-state index in [9.17, 15) is 0 Å². The molecule has 1 aromatic heterocycles. The van der Waals surface area contributed by atoms with Gasteiger partial charge in [-0.3, -0.25) is 4.68 Å². The Morgan fingerprint density at radius 3 is 2.71 bits per heavy atom. The van der Waals surface area contributed by atoms with Gasteiger partial charge in [-0.1, -0.05) is 20.8 Å². The zero-order chi connectivity index (χ0) is 12.9. The summed E-state index contributed by atoms with van der Waals surface area (Å²) in [6, 6.07) is 0.554. The van der Waals surface area contributed by atoms with E-state index in [-0.39, 0.29) is 5.41 Å². The smallest absolute Gasteiger partial charge is 0.138 e. The molecule has 17 heavy (non-hydrogen) atoms. The third-order valence-corrected chi connectivity index (χ3v) is 3.04. The number of aryl methyl sites for hydroxylation is 1. The first kappa shape index (κ1) is 14.2. The van der Waals surface area contributed by atoms with Gasteiger partial charge < -0.3 is 5.32 Å². The number of nitrogens with zero attached hydrogens (tertiary/aromatic N) is 3. The Bertz CT molecular complexity index is 330. The molecule has 1 heterocycles. The fraction of sp³-hybridized carbons (Fsp3) is 0.846. The molecule has 0 amide bonds. The molecule has 0 spiro atoms. The van der Waals surface area contributed by atoms with Crippen LogP contribution in [0.2, 0.25) is 0 Å². The summed E-state index contributed by atoms with van der Waals surface area (Å²) in [7, 11) is 1.96. The SMILES string of the molecule is CCCNC(C)CC(C)(C)Cc1ncnn1C. The molecule has 0 fully saturated rings. The van der Waals surface area contributed by atoms with Crippen molar-refractivity contribution in [3.05, 3.63) is 12.2 Å². The highest BCUT2D eigenvalue weighted by atomic mass is 15.3. The fourth-order valence-corrected chi connectivity index (χ4v) is 2.27. The molecule has 1 unspecified atom stereocenters. The standard InChI is InChI=1S/C13H26N4/c1-6-7-14-11(2)8-13(3,4)9-12-15-10-16-17(12)5/h10-11,14H,6-9H2,1-5H3. The molecule has 4 nitrogen and oxygen atoms in total. The van der Waals surface area contributed by atoms with Crippen molar-refractivity contribution in [2.45, 2.75) is 53.0 Å². The van der Waals surface area contributed by atoms with Crippen molar-refractivity contribution in [1.82, 2.24) is 20.1 Å². The summed E-state index contributed by atoms with van der Waals surface area (Å²) in [5.74, 6) is 1.07. The molecule has 0 radical (unpaired) electrons. The minimum Gasteiger partial charge on any atom is -0.314 e. The Kier molecular flexibility index (Phi) is 5.12. The summed E-state index contributed by atoms with van der Waals surface area (Å²) in [5, 5.41) is 7.66. The van der Waals surface area contributed by atoms with Crippen LogP contribution in [0, 0.1) is 5.41 Å². The quantitative estimate of drug-likeness (QED) is 0.791. The lowest BCUT2D eigenvalue weighted by molar-refractivity contribution is 0.279. The lowest BCUT2D eigenvalue weighted by Gasteiger charge is -2.28. The van der Waals surface area contributed by atoms with E-state index < -0.39 is 0 Å². The lowest BCUT2D eigenvalue weighted by atomic mass is 9.82. The van der Waals surface area contributed by atoms with Crippen LogP contribution in [0.5, 0.6) is 0 Å². The fourth-order valence-electron chi connectivity index (χ4n) is 2.27. The van der Waals surface area contributed by atoms with Crippen molar-refractivity contribution >= 4 is 0 Å². The van der Waals surface area contributed by atoms with E-state index in [1.165, 1.54) is 6.42 Å². The second-order valence-corrected chi connectivity index (χ2v) is 5.70. The summed E-state index contributed by atoms with van der Waals surface area (Å²) < 4.78 is 1.87. The summed E-state index contributed by atoms with van der Waals surface area (Å²) in [6.45, 7) is 10.2. The minimum atomic E-state index is 0.251. The third kappa shape index (κ3) is 4.86. The second-order valence-electron chi connectivity index (χ2n) is 5.70. The topological polar surface area (TPSA) is 42.7 Å². The van der Waals surface area contributed by atoms with Crippen LogP contribution in [0.3, 0.4) is 0 Å². The van der Waals surface area contributed by atoms with E-state index in [0.717, 1.165) is 25.2 Å². The van der Waals surface area contributed by atoms with Gasteiger partial charge in [-0.05, 0) is 31.7 Å². The minimum absolute atomic E-state index is 0.251. The molecule has 0 saturated carbocycles. The lowest BCUT2D eigenvalue weighted by Crippen LogP contribution is -2.33. The molecule has 0 aliphatic carbocycles. The zero-order valence-electron chi connectivity index (χ0n) is 11.8. The first-order valence-electron chi connectivity index (χ1n) is 6.51. The number of aromatic nitrogens is 3. The van der Waals surface area contributed by atoms with E-state index in [2.05, 4.69) is 43.1 Å². The van der Waals surface area contributed by atoms with Gasteiger partial charge in [0.25, 0.3) is 0 Å². The Morgan fingerprint density at radius 1 is 1.47 bits per heavy atom. The van der Waals surface area contributed by atoms with Gasteiger partial charge in [0, 0.05) is 19.5 Å². The Morgan fingerprint density at radius 2 is 2.18 bits per heavy atom. The van der Waals surface area contributed by atoms with E-state index in [4.69, 9.17) is 0 Å². The van der Waals surface area contributed by atoms with Crippen molar-refractivity contribution in [3.8, 4) is 0 Å². The van der Waals surface area contributed by atoms with Crippen LogP contribution in [0.1, 0.15) is 46.4 Å². The molecule has 4 heteroatoms. The van der Waals surface area contributed by atoms with Crippen LogP contribution < -0.4 is 5.32 Å². The van der Waals surface area contributed by atoms with Crippen LogP contribution in [0.4, 0.5) is 0 Å². The summed E-state index contributed by atoms with van der Waals surface area (Å²) in [4.78, 5) is 4.30. The molecule has 98 valence electrons. The summed E-state index contributed by atoms with van der Waals surface area (Å²) in [6.07, 6.45) is 4.94. The highest BCUT2D eigenvalue weighted by Crippen LogP contribution is 2.26. The number of nitrogens with one attached hydrogen (secondary N) is 1. The van der Waals surface area contributed by atoms with Crippen LogP contribution >= 0.6 is 0 Å². The molecule has 0 bridgehead atoms. The number of hydrogen-bond donors (Lipinski definition) is 1. The first-order chi connectivity index (χ1) is 7.94. The second kappa shape index (κ2) is 6.15. The maximum Gasteiger partial charge on any atom is 0.138 e. The van der Waals surface area contributed by atoms with Crippen molar-refractivity contribution in [1.29, 1.82) is 0 Å². The van der Waals surface area contributed by atoms with Gasteiger partial charge in [0.2, 0.25) is 0 Å². The van der Waals surface area contributed by atoms with Gasteiger partial charge in [0.1, 0.15) is 12.2 Å². The summed E-state index contributed by atoms with van der Waals surface area (Å²) >= 11 is 0.